The van der Waals surface area contributed by atoms with Crippen LogP contribution in [0.15, 0.2) is 40.6 Å². The number of thioether (sulfide) groups is 1. The second-order valence-corrected chi connectivity index (χ2v) is 5.86. The molecule has 0 fully saturated rings. The summed E-state index contributed by atoms with van der Waals surface area (Å²) in [7, 11) is 2.03. The summed E-state index contributed by atoms with van der Waals surface area (Å²) in [5, 5.41) is 5.59. The lowest BCUT2D eigenvalue weighted by atomic mass is 10.00. The van der Waals surface area contributed by atoms with Gasteiger partial charge in [-0.05, 0) is 48.9 Å². The Morgan fingerprint density at radius 1 is 1.18 bits per heavy atom. The number of rotatable bonds is 4. The van der Waals surface area contributed by atoms with Crippen molar-refractivity contribution in [2.75, 3.05) is 13.3 Å². The molecule has 90 valence electrons. The normalized spacial score (nSPS) is 12.6. The minimum absolute atomic E-state index is 0.296. The van der Waals surface area contributed by atoms with Gasteiger partial charge in [-0.1, -0.05) is 18.2 Å². The molecule has 0 saturated carbocycles. The van der Waals surface area contributed by atoms with Gasteiger partial charge in [0.25, 0.3) is 0 Å². The van der Waals surface area contributed by atoms with Crippen LogP contribution in [0.2, 0.25) is 0 Å². The molecule has 1 unspecified atom stereocenters. The van der Waals surface area contributed by atoms with E-state index in [1.54, 1.807) is 11.8 Å². The summed E-state index contributed by atoms with van der Waals surface area (Å²) in [6, 6.07) is 11.1. The third-order valence-electron chi connectivity index (χ3n) is 2.95. The summed E-state index contributed by atoms with van der Waals surface area (Å²) >= 11 is 3.62. The van der Waals surface area contributed by atoms with E-state index in [2.05, 4.69) is 54.2 Å². The van der Waals surface area contributed by atoms with E-state index in [1.165, 1.54) is 20.9 Å². The fraction of sp³-hybridized carbons (Fsp3) is 0.286. The molecule has 0 saturated heterocycles. The minimum Gasteiger partial charge on any atom is -0.309 e. The third kappa shape index (κ3) is 2.57. The molecule has 1 aromatic heterocycles. The van der Waals surface area contributed by atoms with Gasteiger partial charge in [-0.2, -0.15) is 0 Å². The van der Waals surface area contributed by atoms with Gasteiger partial charge in [0.2, 0.25) is 0 Å². The van der Waals surface area contributed by atoms with Crippen LogP contribution in [0.5, 0.6) is 0 Å². The molecular weight excluding hydrogens is 246 g/mol. The summed E-state index contributed by atoms with van der Waals surface area (Å²) in [4.78, 5) is 2.73. The van der Waals surface area contributed by atoms with Gasteiger partial charge in [0, 0.05) is 9.77 Å². The fourth-order valence-corrected chi connectivity index (χ4v) is 3.45. The second-order valence-electron chi connectivity index (χ2n) is 3.90. The monoisotopic (exact) mass is 263 g/mol. The fourth-order valence-electron chi connectivity index (χ4n) is 2.08. The molecule has 0 aliphatic carbocycles. The van der Waals surface area contributed by atoms with Crippen molar-refractivity contribution in [3.63, 3.8) is 0 Å². The molecule has 0 aliphatic heterocycles. The average Bonchev–Trinajstić information content (AvgIpc) is 2.78. The minimum atomic E-state index is 0.296. The van der Waals surface area contributed by atoms with Gasteiger partial charge in [0.15, 0.2) is 0 Å². The number of nitrogens with one attached hydrogen (secondary N) is 1. The summed E-state index contributed by atoms with van der Waals surface area (Å²) in [5.74, 6) is 0. The van der Waals surface area contributed by atoms with Crippen molar-refractivity contribution in [3.8, 4) is 0 Å². The summed E-state index contributed by atoms with van der Waals surface area (Å²) in [5.41, 5.74) is 2.75. The molecule has 17 heavy (non-hydrogen) atoms. The van der Waals surface area contributed by atoms with E-state index in [0.717, 1.165) is 0 Å². The number of hydrogen-bond donors (Lipinski definition) is 1. The standard InChI is InChI=1S/C14H17NS2/c1-10-11(8-9-17-10)14(15-2)12-6-4-5-7-13(12)16-3/h4-9,14-15H,1-3H3. The molecule has 0 radical (unpaired) electrons. The maximum Gasteiger partial charge on any atom is 0.0596 e. The molecule has 3 heteroatoms. The van der Waals surface area contributed by atoms with E-state index in [9.17, 15) is 0 Å². The van der Waals surface area contributed by atoms with Crippen molar-refractivity contribution in [3.05, 3.63) is 51.7 Å². The lowest BCUT2D eigenvalue weighted by Crippen LogP contribution is -2.18. The zero-order valence-corrected chi connectivity index (χ0v) is 12.0. The molecule has 0 spiro atoms. The summed E-state index contributed by atoms with van der Waals surface area (Å²) < 4.78 is 0. The maximum atomic E-state index is 3.43. The van der Waals surface area contributed by atoms with Crippen molar-refractivity contribution in [2.45, 2.75) is 17.9 Å². The first-order valence-electron chi connectivity index (χ1n) is 5.62. The third-order valence-corrected chi connectivity index (χ3v) is 4.62. The van der Waals surface area contributed by atoms with Gasteiger partial charge in [0.1, 0.15) is 0 Å². The molecule has 0 bridgehead atoms. The average molecular weight is 263 g/mol. The molecule has 0 amide bonds. The van der Waals surface area contributed by atoms with Gasteiger partial charge < -0.3 is 5.32 Å². The largest absolute Gasteiger partial charge is 0.309 e. The first-order valence-corrected chi connectivity index (χ1v) is 7.72. The van der Waals surface area contributed by atoms with Crippen LogP contribution < -0.4 is 5.32 Å². The highest BCUT2D eigenvalue weighted by atomic mass is 32.2. The Labute approximate surface area is 111 Å². The molecule has 2 aromatic rings. The van der Waals surface area contributed by atoms with Crippen LogP contribution in [0.1, 0.15) is 22.0 Å². The predicted molar refractivity (Wildman–Crippen MR) is 78.2 cm³/mol. The molecule has 1 heterocycles. The summed E-state index contributed by atoms with van der Waals surface area (Å²) in [6.45, 7) is 2.19. The first-order chi connectivity index (χ1) is 8.27. The van der Waals surface area contributed by atoms with Crippen LogP contribution in [0, 0.1) is 6.92 Å². The van der Waals surface area contributed by atoms with E-state index in [0.29, 0.717) is 6.04 Å². The zero-order chi connectivity index (χ0) is 12.3. The number of thiophene rings is 1. The Kier molecular flexibility index (Phi) is 4.26. The van der Waals surface area contributed by atoms with Crippen molar-refractivity contribution >= 4 is 23.1 Å². The highest BCUT2D eigenvalue weighted by molar-refractivity contribution is 7.98. The second kappa shape index (κ2) is 5.71. The Morgan fingerprint density at radius 3 is 2.53 bits per heavy atom. The number of benzene rings is 1. The highest BCUT2D eigenvalue weighted by Crippen LogP contribution is 2.32. The van der Waals surface area contributed by atoms with Gasteiger partial charge in [-0.3, -0.25) is 0 Å². The smallest absolute Gasteiger partial charge is 0.0596 e. The topological polar surface area (TPSA) is 12.0 Å². The molecule has 1 N–H and O–H groups in total. The lowest BCUT2D eigenvalue weighted by molar-refractivity contribution is 0.679. The lowest BCUT2D eigenvalue weighted by Gasteiger charge is -2.19. The molecule has 2 rings (SSSR count). The maximum absolute atomic E-state index is 3.43. The Balaban J connectivity index is 2.46. The van der Waals surface area contributed by atoms with Gasteiger partial charge >= 0.3 is 0 Å². The van der Waals surface area contributed by atoms with Gasteiger partial charge in [-0.15, -0.1) is 23.1 Å². The Morgan fingerprint density at radius 2 is 1.94 bits per heavy atom. The van der Waals surface area contributed by atoms with Crippen LogP contribution in [-0.2, 0) is 0 Å². The molecular formula is C14H17NS2. The van der Waals surface area contributed by atoms with E-state index in [1.807, 2.05) is 18.4 Å². The van der Waals surface area contributed by atoms with Gasteiger partial charge in [-0.25, -0.2) is 0 Å². The molecule has 1 nitrogen and oxygen atoms in total. The quantitative estimate of drug-likeness (QED) is 0.834. The van der Waals surface area contributed by atoms with Crippen LogP contribution in [0.3, 0.4) is 0 Å². The molecule has 1 atom stereocenters. The van der Waals surface area contributed by atoms with Crippen LogP contribution in [-0.4, -0.2) is 13.3 Å². The van der Waals surface area contributed by atoms with Crippen molar-refractivity contribution < 1.29 is 0 Å². The molecule has 0 aliphatic rings. The summed E-state index contributed by atoms with van der Waals surface area (Å²) in [6.07, 6.45) is 2.13. The Hall–Kier alpha value is -0.770. The SMILES string of the molecule is CNC(c1ccccc1SC)c1ccsc1C. The van der Waals surface area contributed by atoms with Crippen LogP contribution in [0.25, 0.3) is 0 Å². The van der Waals surface area contributed by atoms with E-state index in [4.69, 9.17) is 0 Å². The van der Waals surface area contributed by atoms with Crippen molar-refractivity contribution in [1.82, 2.24) is 5.32 Å². The predicted octanol–water partition coefficient (Wildman–Crippen LogP) is 4.09. The van der Waals surface area contributed by atoms with Gasteiger partial charge in [0.05, 0.1) is 6.04 Å². The van der Waals surface area contributed by atoms with Crippen LogP contribution >= 0.6 is 23.1 Å². The highest BCUT2D eigenvalue weighted by Gasteiger charge is 2.17. The number of aryl methyl sites for hydroxylation is 1. The molecule has 1 aromatic carbocycles. The van der Waals surface area contributed by atoms with E-state index < -0.39 is 0 Å². The van der Waals surface area contributed by atoms with E-state index in [-0.39, 0.29) is 0 Å². The van der Waals surface area contributed by atoms with E-state index >= 15 is 0 Å². The Bertz CT molecular complexity index is 490. The van der Waals surface area contributed by atoms with Crippen molar-refractivity contribution in [1.29, 1.82) is 0 Å². The first kappa shape index (κ1) is 12.7. The number of hydrogen-bond acceptors (Lipinski definition) is 3. The zero-order valence-electron chi connectivity index (χ0n) is 10.4. The van der Waals surface area contributed by atoms with Crippen molar-refractivity contribution in [2.24, 2.45) is 0 Å². The van der Waals surface area contributed by atoms with Crippen LogP contribution in [0.4, 0.5) is 0 Å².